The molecular weight excluding hydrogens is 317 g/mol. The van der Waals surface area contributed by atoms with Gasteiger partial charge < -0.3 is 11.1 Å². The molecule has 3 aromatic rings. The normalized spacial score (nSPS) is 16.3. The van der Waals surface area contributed by atoms with Crippen LogP contribution < -0.4 is 11.1 Å². The summed E-state index contributed by atoms with van der Waals surface area (Å²) in [6.07, 6.45) is 5.93. The van der Waals surface area contributed by atoms with E-state index in [0.29, 0.717) is 5.82 Å². The number of halogens is 1. The van der Waals surface area contributed by atoms with Gasteiger partial charge in [0.15, 0.2) is 5.82 Å². The van der Waals surface area contributed by atoms with Crippen LogP contribution in [0.3, 0.4) is 0 Å². The third kappa shape index (κ3) is 3.34. The molecule has 0 radical (unpaired) electrons. The summed E-state index contributed by atoms with van der Waals surface area (Å²) in [5.74, 6) is 1.09. The Bertz CT molecular complexity index is 880. The van der Waals surface area contributed by atoms with E-state index in [1.165, 1.54) is 12.1 Å². The number of rotatable bonds is 3. The molecule has 0 spiro atoms. The highest BCUT2D eigenvalue weighted by Crippen LogP contribution is 2.30. The van der Waals surface area contributed by atoms with Crippen molar-refractivity contribution in [1.29, 1.82) is 0 Å². The van der Waals surface area contributed by atoms with Gasteiger partial charge in [-0.3, -0.25) is 4.98 Å². The second kappa shape index (κ2) is 6.57. The zero-order valence-corrected chi connectivity index (χ0v) is 13.6. The van der Waals surface area contributed by atoms with Crippen LogP contribution in [-0.4, -0.2) is 21.0 Å². The molecule has 1 aliphatic rings. The summed E-state index contributed by atoms with van der Waals surface area (Å²) in [4.78, 5) is 13.6. The van der Waals surface area contributed by atoms with E-state index in [2.05, 4.69) is 10.3 Å². The van der Waals surface area contributed by atoms with Crippen LogP contribution in [0.5, 0.6) is 0 Å². The molecule has 5 nitrogen and oxygen atoms in total. The summed E-state index contributed by atoms with van der Waals surface area (Å²) in [6.45, 7) is 0. The number of hydrogen-bond acceptors (Lipinski definition) is 5. The molecule has 0 saturated carbocycles. The first kappa shape index (κ1) is 15.7. The maximum atomic E-state index is 13.2. The predicted molar refractivity (Wildman–Crippen MR) is 94.9 cm³/mol. The SMILES string of the molecule is NC1CCc2nc(-c3cccnc3)nc(Nc3ccc(F)cc3)c2C1. The Kier molecular flexibility index (Phi) is 4.11. The zero-order valence-electron chi connectivity index (χ0n) is 13.6. The van der Waals surface area contributed by atoms with E-state index in [9.17, 15) is 4.39 Å². The highest BCUT2D eigenvalue weighted by Gasteiger charge is 2.22. The topological polar surface area (TPSA) is 76.7 Å². The monoisotopic (exact) mass is 335 g/mol. The van der Waals surface area contributed by atoms with Gasteiger partial charge in [0.05, 0.1) is 0 Å². The van der Waals surface area contributed by atoms with E-state index in [0.717, 1.165) is 47.6 Å². The van der Waals surface area contributed by atoms with Crippen molar-refractivity contribution < 1.29 is 4.39 Å². The van der Waals surface area contributed by atoms with Gasteiger partial charge in [-0.05, 0) is 55.7 Å². The van der Waals surface area contributed by atoms with E-state index < -0.39 is 0 Å². The van der Waals surface area contributed by atoms with Gasteiger partial charge in [0, 0.05) is 40.9 Å². The van der Waals surface area contributed by atoms with Gasteiger partial charge in [0.2, 0.25) is 0 Å². The number of nitrogens with two attached hydrogens (primary N) is 1. The molecule has 3 N–H and O–H groups in total. The Hall–Kier alpha value is -2.86. The molecule has 0 amide bonds. The second-order valence-electron chi connectivity index (χ2n) is 6.20. The minimum absolute atomic E-state index is 0.106. The van der Waals surface area contributed by atoms with E-state index in [1.807, 2.05) is 12.1 Å². The Morgan fingerprint density at radius 2 is 1.96 bits per heavy atom. The smallest absolute Gasteiger partial charge is 0.163 e. The molecule has 1 atom stereocenters. The van der Waals surface area contributed by atoms with E-state index >= 15 is 0 Å². The zero-order chi connectivity index (χ0) is 17.2. The number of aromatic nitrogens is 3. The molecule has 2 aromatic heterocycles. The fourth-order valence-corrected chi connectivity index (χ4v) is 3.04. The summed E-state index contributed by atoms with van der Waals surface area (Å²) in [5.41, 5.74) is 9.83. The minimum Gasteiger partial charge on any atom is -0.340 e. The van der Waals surface area contributed by atoms with Gasteiger partial charge in [0.1, 0.15) is 11.6 Å². The lowest BCUT2D eigenvalue weighted by molar-refractivity contribution is 0.566. The van der Waals surface area contributed by atoms with Gasteiger partial charge in [-0.2, -0.15) is 0 Å². The molecule has 25 heavy (non-hydrogen) atoms. The van der Waals surface area contributed by atoms with Gasteiger partial charge in [0.25, 0.3) is 0 Å². The highest BCUT2D eigenvalue weighted by atomic mass is 19.1. The Labute approximate surface area is 145 Å². The number of anilines is 2. The van der Waals surface area contributed by atoms with E-state index in [4.69, 9.17) is 15.7 Å². The van der Waals surface area contributed by atoms with Crippen LogP contribution in [0.2, 0.25) is 0 Å². The van der Waals surface area contributed by atoms with E-state index in [1.54, 1.807) is 24.5 Å². The molecule has 1 aromatic carbocycles. The predicted octanol–water partition coefficient (Wildman–Crippen LogP) is 3.24. The molecule has 6 heteroatoms. The van der Waals surface area contributed by atoms with Crippen molar-refractivity contribution in [2.24, 2.45) is 5.73 Å². The molecule has 4 rings (SSSR count). The fraction of sp³-hybridized carbons (Fsp3) is 0.211. The Morgan fingerprint density at radius 1 is 1.12 bits per heavy atom. The number of hydrogen-bond donors (Lipinski definition) is 2. The van der Waals surface area contributed by atoms with Crippen molar-refractivity contribution >= 4 is 11.5 Å². The summed E-state index contributed by atoms with van der Waals surface area (Å²) >= 11 is 0. The first-order chi connectivity index (χ1) is 12.2. The average Bonchev–Trinajstić information content (AvgIpc) is 2.64. The van der Waals surface area contributed by atoms with Crippen molar-refractivity contribution in [3.05, 3.63) is 65.9 Å². The fourth-order valence-electron chi connectivity index (χ4n) is 3.04. The third-order valence-electron chi connectivity index (χ3n) is 4.34. The molecule has 0 aliphatic heterocycles. The van der Waals surface area contributed by atoms with Crippen LogP contribution in [0, 0.1) is 5.82 Å². The summed E-state index contributed by atoms with van der Waals surface area (Å²) in [7, 11) is 0. The van der Waals surface area contributed by atoms with Gasteiger partial charge in [-0.1, -0.05) is 0 Å². The molecule has 1 unspecified atom stereocenters. The van der Waals surface area contributed by atoms with Crippen LogP contribution in [-0.2, 0) is 12.8 Å². The second-order valence-corrected chi connectivity index (χ2v) is 6.20. The Morgan fingerprint density at radius 3 is 2.72 bits per heavy atom. The van der Waals surface area contributed by atoms with Gasteiger partial charge >= 0.3 is 0 Å². The lowest BCUT2D eigenvalue weighted by atomic mass is 9.92. The molecule has 1 aliphatic carbocycles. The summed E-state index contributed by atoms with van der Waals surface area (Å²) < 4.78 is 13.2. The average molecular weight is 335 g/mol. The van der Waals surface area contributed by atoms with Crippen molar-refractivity contribution in [1.82, 2.24) is 15.0 Å². The number of benzene rings is 1. The van der Waals surface area contributed by atoms with Crippen molar-refractivity contribution in [2.45, 2.75) is 25.3 Å². The van der Waals surface area contributed by atoms with Crippen LogP contribution >= 0.6 is 0 Å². The summed E-state index contributed by atoms with van der Waals surface area (Å²) in [6, 6.07) is 10.1. The molecule has 0 fully saturated rings. The Balaban J connectivity index is 1.78. The van der Waals surface area contributed by atoms with Crippen molar-refractivity contribution in [2.75, 3.05) is 5.32 Å². The van der Waals surface area contributed by atoms with Crippen LogP contribution in [0.4, 0.5) is 15.9 Å². The van der Waals surface area contributed by atoms with Crippen LogP contribution in [0.25, 0.3) is 11.4 Å². The maximum absolute atomic E-state index is 13.2. The number of aryl methyl sites for hydroxylation is 1. The number of nitrogens with one attached hydrogen (secondary N) is 1. The highest BCUT2D eigenvalue weighted by molar-refractivity contribution is 5.65. The van der Waals surface area contributed by atoms with Crippen LogP contribution in [0.1, 0.15) is 17.7 Å². The molecule has 2 heterocycles. The summed E-state index contributed by atoms with van der Waals surface area (Å²) in [5, 5.41) is 3.30. The molecule has 126 valence electrons. The van der Waals surface area contributed by atoms with Crippen LogP contribution in [0.15, 0.2) is 48.8 Å². The number of pyridine rings is 1. The van der Waals surface area contributed by atoms with E-state index in [-0.39, 0.29) is 11.9 Å². The molecule has 0 bridgehead atoms. The standard InChI is InChI=1S/C19H18FN5/c20-13-3-6-15(7-4-13)23-19-16-10-14(21)5-8-17(16)24-18(25-19)12-2-1-9-22-11-12/h1-4,6-7,9,11,14H,5,8,10,21H2,(H,23,24,25). The lowest BCUT2D eigenvalue weighted by Crippen LogP contribution is -2.29. The minimum atomic E-state index is -0.270. The van der Waals surface area contributed by atoms with Crippen molar-refractivity contribution in [3.8, 4) is 11.4 Å². The molecule has 0 saturated heterocycles. The van der Waals surface area contributed by atoms with Gasteiger partial charge in [-0.15, -0.1) is 0 Å². The lowest BCUT2D eigenvalue weighted by Gasteiger charge is -2.24. The maximum Gasteiger partial charge on any atom is 0.163 e. The molecular formula is C19H18FN5. The first-order valence-electron chi connectivity index (χ1n) is 8.27. The van der Waals surface area contributed by atoms with Gasteiger partial charge in [-0.25, -0.2) is 14.4 Å². The quantitative estimate of drug-likeness (QED) is 0.768. The van der Waals surface area contributed by atoms with Crippen molar-refractivity contribution in [3.63, 3.8) is 0 Å². The first-order valence-corrected chi connectivity index (χ1v) is 8.27. The number of fused-ring (bicyclic) bond motifs is 1. The third-order valence-corrected chi connectivity index (χ3v) is 4.34. The number of nitrogens with zero attached hydrogens (tertiary/aromatic N) is 3. The largest absolute Gasteiger partial charge is 0.340 e.